The molecule has 0 spiro atoms. The number of benzene rings is 1. The van der Waals surface area contributed by atoms with Gasteiger partial charge in [0, 0.05) is 35.0 Å². The third-order valence-electron chi connectivity index (χ3n) is 3.15. The van der Waals surface area contributed by atoms with Crippen LogP contribution in [-0.4, -0.2) is 9.78 Å². The second-order valence-corrected chi connectivity index (χ2v) is 5.29. The standard InChI is InChI=1S/C13H16BrFN4/c1-19-10(6-7-17-19)3-5-13(18-16)11-8-9(14)2-4-12(11)15/h2,4,6-8,13,18H,3,5,16H2,1H3. The normalized spacial score (nSPS) is 12.6. The van der Waals surface area contributed by atoms with Crippen molar-refractivity contribution in [2.45, 2.75) is 18.9 Å². The molecule has 0 saturated carbocycles. The SMILES string of the molecule is Cn1nccc1CCC(NN)c1cc(Br)ccc1F. The van der Waals surface area contributed by atoms with Gasteiger partial charge in [0.25, 0.3) is 0 Å². The van der Waals surface area contributed by atoms with Gasteiger partial charge in [-0.2, -0.15) is 5.10 Å². The van der Waals surface area contributed by atoms with E-state index in [2.05, 4.69) is 26.5 Å². The summed E-state index contributed by atoms with van der Waals surface area (Å²) in [4.78, 5) is 0. The Labute approximate surface area is 119 Å². The lowest BCUT2D eigenvalue weighted by Gasteiger charge is -2.17. The van der Waals surface area contributed by atoms with Crippen molar-refractivity contribution < 1.29 is 4.39 Å². The molecule has 1 heterocycles. The second-order valence-electron chi connectivity index (χ2n) is 4.37. The first-order valence-corrected chi connectivity index (χ1v) is 6.79. The van der Waals surface area contributed by atoms with Crippen LogP contribution < -0.4 is 11.3 Å². The van der Waals surface area contributed by atoms with Crippen LogP contribution in [0.15, 0.2) is 34.9 Å². The molecule has 1 aromatic heterocycles. The molecule has 1 unspecified atom stereocenters. The first-order valence-electron chi connectivity index (χ1n) is 5.99. The van der Waals surface area contributed by atoms with Gasteiger partial charge in [-0.25, -0.2) is 4.39 Å². The van der Waals surface area contributed by atoms with Crippen molar-refractivity contribution in [2.24, 2.45) is 12.9 Å². The summed E-state index contributed by atoms with van der Waals surface area (Å²) in [5.74, 6) is 5.29. The molecule has 3 N–H and O–H groups in total. The number of nitrogens with zero attached hydrogens (tertiary/aromatic N) is 2. The maximum absolute atomic E-state index is 13.8. The van der Waals surface area contributed by atoms with Crippen molar-refractivity contribution in [1.29, 1.82) is 0 Å². The van der Waals surface area contributed by atoms with Gasteiger partial charge in [-0.15, -0.1) is 0 Å². The fourth-order valence-electron chi connectivity index (χ4n) is 2.05. The van der Waals surface area contributed by atoms with E-state index in [1.54, 1.807) is 18.3 Å². The molecule has 19 heavy (non-hydrogen) atoms. The predicted molar refractivity (Wildman–Crippen MR) is 75.7 cm³/mol. The zero-order valence-electron chi connectivity index (χ0n) is 10.6. The molecule has 102 valence electrons. The molecule has 6 heteroatoms. The van der Waals surface area contributed by atoms with E-state index in [1.807, 2.05) is 17.8 Å². The molecule has 0 amide bonds. The van der Waals surface area contributed by atoms with Gasteiger partial charge >= 0.3 is 0 Å². The minimum absolute atomic E-state index is 0.229. The molecule has 4 nitrogen and oxygen atoms in total. The highest BCUT2D eigenvalue weighted by molar-refractivity contribution is 9.10. The summed E-state index contributed by atoms with van der Waals surface area (Å²) in [6, 6.07) is 6.59. The molecule has 0 aliphatic heterocycles. The number of hydrazine groups is 1. The summed E-state index contributed by atoms with van der Waals surface area (Å²) in [5.41, 5.74) is 4.34. The predicted octanol–water partition coefficient (Wildman–Crippen LogP) is 2.46. The van der Waals surface area contributed by atoms with Crippen LogP contribution in [0.3, 0.4) is 0 Å². The smallest absolute Gasteiger partial charge is 0.128 e. The van der Waals surface area contributed by atoms with Crippen LogP contribution in [0, 0.1) is 5.82 Å². The molecule has 1 atom stereocenters. The van der Waals surface area contributed by atoms with Crippen molar-refractivity contribution in [2.75, 3.05) is 0 Å². The van der Waals surface area contributed by atoms with Crippen LogP contribution in [0.1, 0.15) is 23.7 Å². The van der Waals surface area contributed by atoms with E-state index >= 15 is 0 Å². The van der Waals surface area contributed by atoms with E-state index in [4.69, 9.17) is 5.84 Å². The maximum Gasteiger partial charge on any atom is 0.128 e. The first kappa shape index (κ1) is 14.2. The van der Waals surface area contributed by atoms with Crippen molar-refractivity contribution >= 4 is 15.9 Å². The van der Waals surface area contributed by atoms with E-state index < -0.39 is 0 Å². The Morgan fingerprint density at radius 3 is 2.89 bits per heavy atom. The Bertz CT molecular complexity index is 555. The van der Waals surface area contributed by atoms with Gasteiger partial charge in [-0.05, 0) is 37.1 Å². The Hall–Kier alpha value is -1.24. The number of rotatable bonds is 5. The number of nitrogens with one attached hydrogen (secondary N) is 1. The Morgan fingerprint density at radius 2 is 2.26 bits per heavy atom. The summed E-state index contributed by atoms with van der Waals surface area (Å²) in [6.07, 6.45) is 3.22. The maximum atomic E-state index is 13.8. The lowest BCUT2D eigenvalue weighted by Crippen LogP contribution is -2.29. The Kier molecular flexibility index (Phi) is 4.68. The summed E-state index contributed by atoms with van der Waals surface area (Å²) in [7, 11) is 1.89. The molecule has 2 rings (SSSR count). The zero-order chi connectivity index (χ0) is 13.8. The lowest BCUT2D eigenvalue weighted by atomic mass is 10.0. The quantitative estimate of drug-likeness (QED) is 0.655. The topological polar surface area (TPSA) is 55.9 Å². The Morgan fingerprint density at radius 1 is 1.47 bits per heavy atom. The van der Waals surface area contributed by atoms with E-state index in [-0.39, 0.29) is 11.9 Å². The van der Waals surface area contributed by atoms with Gasteiger partial charge in [0.1, 0.15) is 5.82 Å². The summed E-state index contributed by atoms with van der Waals surface area (Å²) < 4.78 is 16.5. The molecule has 0 aliphatic rings. The highest BCUT2D eigenvalue weighted by Crippen LogP contribution is 2.24. The average Bonchev–Trinajstić information content (AvgIpc) is 2.80. The van der Waals surface area contributed by atoms with Crippen LogP contribution in [0.2, 0.25) is 0 Å². The number of nitrogens with two attached hydrogens (primary N) is 1. The highest BCUT2D eigenvalue weighted by Gasteiger charge is 2.15. The average molecular weight is 327 g/mol. The molecular formula is C13H16BrFN4. The monoisotopic (exact) mass is 326 g/mol. The van der Waals surface area contributed by atoms with E-state index in [0.29, 0.717) is 12.0 Å². The van der Waals surface area contributed by atoms with Crippen LogP contribution in [0.25, 0.3) is 0 Å². The van der Waals surface area contributed by atoms with Crippen LogP contribution in [0.4, 0.5) is 4.39 Å². The molecule has 0 fully saturated rings. The zero-order valence-corrected chi connectivity index (χ0v) is 12.2. The highest BCUT2D eigenvalue weighted by atomic mass is 79.9. The minimum atomic E-state index is -0.254. The summed E-state index contributed by atoms with van der Waals surface area (Å²) in [5, 5.41) is 4.11. The van der Waals surface area contributed by atoms with Gasteiger partial charge in [0.05, 0.1) is 0 Å². The summed E-state index contributed by atoms with van der Waals surface area (Å²) >= 11 is 3.35. The van der Waals surface area contributed by atoms with Crippen LogP contribution in [-0.2, 0) is 13.5 Å². The minimum Gasteiger partial charge on any atom is -0.273 e. The molecule has 0 radical (unpaired) electrons. The van der Waals surface area contributed by atoms with Crippen LogP contribution in [0.5, 0.6) is 0 Å². The van der Waals surface area contributed by atoms with E-state index in [1.165, 1.54) is 6.07 Å². The number of hydrogen-bond donors (Lipinski definition) is 2. The Balaban J connectivity index is 2.12. The van der Waals surface area contributed by atoms with Gasteiger partial charge < -0.3 is 0 Å². The number of aryl methyl sites for hydroxylation is 2. The molecule has 1 aromatic carbocycles. The van der Waals surface area contributed by atoms with Gasteiger partial charge in [-0.3, -0.25) is 16.0 Å². The molecule has 2 aromatic rings. The van der Waals surface area contributed by atoms with Crippen molar-refractivity contribution in [3.05, 3.63) is 52.0 Å². The molecular weight excluding hydrogens is 311 g/mol. The molecule has 0 saturated heterocycles. The van der Waals surface area contributed by atoms with E-state index in [0.717, 1.165) is 16.6 Å². The van der Waals surface area contributed by atoms with Gasteiger partial charge in [0.15, 0.2) is 0 Å². The van der Waals surface area contributed by atoms with Gasteiger partial charge in [-0.1, -0.05) is 15.9 Å². The molecule has 0 bridgehead atoms. The van der Waals surface area contributed by atoms with Gasteiger partial charge in [0.2, 0.25) is 0 Å². The van der Waals surface area contributed by atoms with Crippen molar-refractivity contribution in [3.8, 4) is 0 Å². The molecule has 0 aliphatic carbocycles. The largest absolute Gasteiger partial charge is 0.273 e. The third kappa shape index (κ3) is 3.40. The lowest BCUT2D eigenvalue weighted by molar-refractivity contribution is 0.479. The van der Waals surface area contributed by atoms with E-state index in [9.17, 15) is 4.39 Å². The summed E-state index contributed by atoms with van der Waals surface area (Å²) in [6.45, 7) is 0. The fourth-order valence-corrected chi connectivity index (χ4v) is 2.43. The third-order valence-corrected chi connectivity index (χ3v) is 3.64. The van der Waals surface area contributed by atoms with Crippen LogP contribution >= 0.6 is 15.9 Å². The second kappa shape index (κ2) is 6.27. The van der Waals surface area contributed by atoms with Crippen molar-refractivity contribution in [1.82, 2.24) is 15.2 Å². The fraction of sp³-hybridized carbons (Fsp3) is 0.308. The number of aromatic nitrogens is 2. The van der Waals surface area contributed by atoms with Crippen molar-refractivity contribution in [3.63, 3.8) is 0 Å². The first-order chi connectivity index (χ1) is 9.11. The number of hydrogen-bond acceptors (Lipinski definition) is 3. The number of halogens is 2.